The average Bonchev–Trinajstić information content (AvgIpc) is 2.85. The van der Waals surface area contributed by atoms with Crippen molar-refractivity contribution in [3.63, 3.8) is 0 Å². The Bertz CT molecular complexity index is 605. The molecule has 106 valence electrons. The number of carbonyl (C=O) groups is 1. The van der Waals surface area contributed by atoms with Gasteiger partial charge < -0.3 is 9.15 Å². The van der Waals surface area contributed by atoms with Crippen LogP contribution in [0, 0.1) is 6.92 Å². The van der Waals surface area contributed by atoms with E-state index in [0.717, 1.165) is 23.4 Å². The van der Waals surface area contributed by atoms with Gasteiger partial charge in [0.15, 0.2) is 5.82 Å². The van der Waals surface area contributed by atoms with Crippen LogP contribution in [0.25, 0.3) is 11.4 Å². The maximum atomic E-state index is 11.9. The number of aromatic nitrogens is 2. The summed E-state index contributed by atoms with van der Waals surface area (Å²) in [7, 11) is 0. The fourth-order valence-corrected chi connectivity index (χ4v) is 1.97. The van der Waals surface area contributed by atoms with E-state index in [1.807, 2.05) is 19.9 Å². The first-order valence-electron chi connectivity index (χ1n) is 6.74. The third-order valence-corrected chi connectivity index (χ3v) is 2.95. The molecule has 0 aromatic carbocycles. The van der Waals surface area contributed by atoms with Gasteiger partial charge in [-0.3, -0.25) is 0 Å². The third-order valence-electron chi connectivity index (χ3n) is 2.95. The van der Waals surface area contributed by atoms with Crippen molar-refractivity contribution < 1.29 is 13.9 Å². The number of rotatable bonds is 5. The Kier molecular flexibility index (Phi) is 4.50. The summed E-state index contributed by atoms with van der Waals surface area (Å²) < 4.78 is 10.3. The lowest BCUT2D eigenvalue weighted by molar-refractivity contribution is 0.0524. The Morgan fingerprint density at radius 3 is 2.80 bits per heavy atom. The summed E-state index contributed by atoms with van der Waals surface area (Å²) in [5.41, 5.74) is 2.01. The van der Waals surface area contributed by atoms with E-state index in [-0.39, 0.29) is 5.97 Å². The van der Waals surface area contributed by atoms with Gasteiger partial charge in [0.25, 0.3) is 0 Å². The molecule has 0 bridgehead atoms. The van der Waals surface area contributed by atoms with Crippen LogP contribution in [0.5, 0.6) is 0 Å². The molecular formula is C15H18N2O3. The molecule has 5 nitrogen and oxygen atoms in total. The van der Waals surface area contributed by atoms with E-state index in [4.69, 9.17) is 9.15 Å². The van der Waals surface area contributed by atoms with E-state index in [2.05, 4.69) is 9.97 Å². The van der Waals surface area contributed by atoms with Gasteiger partial charge in [-0.15, -0.1) is 0 Å². The van der Waals surface area contributed by atoms with Crippen molar-refractivity contribution in [1.82, 2.24) is 9.97 Å². The predicted octanol–water partition coefficient (Wildman–Crippen LogP) is 3.17. The van der Waals surface area contributed by atoms with Gasteiger partial charge in [-0.1, -0.05) is 13.3 Å². The topological polar surface area (TPSA) is 65.2 Å². The first-order valence-corrected chi connectivity index (χ1v) is 6.74. The summed E-state index contributed by atoms with van der Waals surface area (Å²) in [6.07, 6.45) is 4.75. The molecule has 0 unspecified atom stereocenters. The molecule has 0 radical (unpaired) electrons. The normalized spacial score (nSPS) is 10.6. The summed E-state index contributed by atoms with van der Waals surface area (Å²) in [5, 5.41) is 0. The van der Waals surface area contributed by atoms with Gasteiger partial charge in [0.2, 0.25) is 0 Å². The first kappa shape index (κ1) is 14.2. The molecule has 2 heterocycles. The van der Waals surface area contributed by atoms with Gasteiger partial charge in [0.05, 0.1) is 29.7 Å². The highest BCUT2D eigenvalue weighted by Crippen LogP contribution is 2.22. The van der Waals surface area contributed by atoms with Crippen LogP contribution in [-0.4, -0.2) is 22.5 Å². The Hall–Kier alpha value is -2.17. The van der Waals surface area contributed by atoms with E-state index in [1.165, 1.54) is 6.20 Å². The largest absolute Gasteiger partial charge is 0.469 e. The fourth-order valence-electron chi connectivity index (χ4n) is 1.97. The second-order valence-corrected chi connectivity index (χ2v) is 4.41. The Morgan fingerprint density at radius 1 is 1.40 bits per heavy atom. The third kappa shape index (κ3) is 2.87. The number of ether oxygens (including phenoxy) is 1. The summed E-state index contributed by atoms with van der Waals surface area (Å²) >= 11 is 0. The highest BCUT2D eigenvalue weighted by molar-refractivity contribution is 5.90. The summed E-state index contributed by atoms with van der Waals surface area (Å²) in [4.78, 5) is 20.6. The van der Waals surface area contributed by atoms with Crippen molar-refractivity contribution >= 4 is 5.97 Å². The molecule has 2 rings (SSSR count). The molecule has 0 saturated heterocycles. The van der Waals surface area contributed by atoms with E-state index < -0.39 is 0 Å². The number of hydrogen-bond acceptors (Lipinski definition) is 5. The van der Waals surface area contributed by atoms with E-state index in [1.54, 1.807) is 13.2 Å². The molecule has 0 N–H and O–H groups in total. The summed E-state index contributed by atoms with van der Waals surface area (Å²) in [6, 6.07) is 1.82. The second kappa shape index (κ2) is 6.32. The fraction of sp³-hybridized carbons (Fsp3) is 0.400. The van der Waals surface area contributed by atoms with Gasteiger partial charge >= 0.3 is 5.97 Å². The zero-order chi connectivity index (χ0) is 14.5. The SMILES string of the molecule is CCCc1nc(-c2ccoc2C)ncc1C(=O)OCC. The molecule has 0 aliphatic carbocycles. The number of esters is 1. The summed E-state index contributed by atoms with van der Waals surface area (Å²) in [5.74, 6) is 0.968. The second-order valence-electron chi connectivity index (χ2n) is 4.41. The lowest BCUT2D eigenvalue weighted by atomic mass is 10.1. The maximum absolute atomic E-state index is 11.9. The molecule has 0 spiro atoms. The number of aryl methyl sites for hydroxylation is 2. The lowest BCUT2D eigenvalue weighted by Gasteiger charge is -2.08. The van der Waals surface area contributed by atoms with Crippen LogP contribution in [0.15, 0.2) is 22.9 Å². The molecule has 0 aliphatic rings. The zero-order valence-corrected chi connectivity index (χ0v) is 12.0. The molecule has 5 heteroatoms. The molecule has 2 aromatic heterocycles. The molecule has 0 amide bonds. The van der Waals surface area contributed by atoms with Crippen molar-refractivity contribution in [3.05, 3.63) is 35.5 Å². The molecule has 2 aromatic rings. The molecule has 0 aliphatic heterocycles. The van der Waals surface area contributed by atoms with E-state index >= 15 is 0 Å². The quantitative estimate of drug-likeness (QED) is 0.783. The van der Waals surface area contributed by atoms with Gasteiger partial charge in [0, 0.05) is 6.20 Å². The average molecular weight is 274 g/mol. The van der Waals surface area contributed by atoms with Crippen LogP contribution in [0.1, 0.15) is 42.1 Å². The zero-order valence-electron chi connectivity index (χ0n) is 12.0. The molecule has 20 heavy (non-hydrogen) atoms. The minimum Gasteiger partial charge on any atom is -0.469 e. The van der Waals surface area contributed by atoms with Crippen LogP contribution in [0.3, 0.4) is 0 Å². The van der Waals surface area contributed by atoms with Crippen molar-refractivity contribution in [1.29, 1.82) is 0 Å². The Morgan fingerprint density at radius 2 is 2.20 bits per heavy atom. The van der Waals surface area contributed by atoms with Crippen LogP contribution >= 0.6 is 0 Å². The monoisotopic (exact) mass is 274 g/mol. The van der Waals surface area contributed by atoms with Crippen LogP contribution in [0.4, 0.5) is 0 Å². The molecular weight excluding hydrogens is 256 g/mol. The van der Waals surface area contributed by atoms with Gasteiger partial charge in [-0.05, 0) is 26.3 Å². The van der Waals surface area contributed by atoms with Crippen LogP contribution in [-0.2, 0) is 11.2 Å². The smallest absolute Gasteiger partial charge is 0.341 e. The minimum atomic E-state index is -0.369. The standard InChI is InChI=1S/C15H18N2O3/c1-4-6-13-12(15(18)19-5-2)9-16-14(17-13)11-7-8-20-10(11)3/h7-9H,4-6H2,1-3H3. The predicted molar refractivity (Wildman–Crippen MR) is 74.4 cm³/mol. The molecule has 0 saturated carbocycles. The number of hydrogen-bond donors (Lipinski definition) is 0. The van der Waals surface area contributed by atoms with Gasteiger partial charge in [0.1, 0.15) is 5.76 Å². The molecule has 0 atom stereocenters. The van der Waals surface area contributed by atoms with Crippen molar-refractivity contribution in [2.75, 3.05) is 6.61 Å². The van der Waals surface area contributed by atoms with Gasteiger partial charge in [-0.2, -0.15) is 0 Å². The highest BCUT2D eigenvalue weighted by Gasteiger charge is 2.17. The van der Waals surface area contributed by atoms with Crippen molar-refractivity contribution in [2.24, 2.45) is 0 Å². The Labute approximate surface area is 118 Å². The lowest BCUT2D eigenvalue weighted by Crippen LogP contribution is -2.11. The Balaban J connectivity index is 2.42. The van der Waals surface area contributed by atoms with Crippen molar-refractivity contribution in [2.45, 2.75) is 33.6 Å². The minimum absolute atomic E-state index is 0.340. The maximum Gasteiger partial charge on any atom is 0.341 e. The van der Waals surface area contributed by atoms with Crippen LogP contribution in [0.2, 0.25) is 0 Å². The summed E-state index contributed by atoms with van der Waals surface area (Å²) in [6.45, 7) is 6.02. The number of carbonyl (C=O) groups excluding carboxylic acids is 1. The number of nitrogens with zero attached hydrogens (tertiary/aromatic N) is 2. The van der Waals surface area contributed by atoms with Gasteiger partial charge in [-0.25, -0.2) is 14.8 Å². The van der Waals surface area contributed by atoms with Crippen LogP contribution < -0.4 is 0 Å². The van der Waals surface area contributed by atoms with E-state index in [0.29, 0.717) is 24.4 Å². The first-order chi connectivity index (χ1) is 9.67. The highest BCUT2D eigenvalue weighted by atomic mass is 16.5. The van der Waals surface area contributed by atoms with E-state index in [9.17, 15) is 4.79 Å². The number of furan rings is 1. The van der Waals surface area contributed by atoms with Crippen molar-refractivity contribution in [3.8, 4) is 11.4 Å². The molecule has 0 fully saturated rings.